The van der Waals surface area contributed by atoms with E-state index in [0.29, 0.717) is 28.8 Å². The van der Waals surface area contributed by atoms with Crippen LogP contribution in [-0.2, 0) is 19.6 Å². The summed E-state index contributed by atoms with van der Waals surface area (Å²) in [7, 11) is 3.71. The summed E-state index contributed by atoms with van der Waals surface area (Å²) in [5.41, 5.74) is 1.98. The van der Waals surface area contributed by atoms with Gasteiger partial charge in [-0.05, 0) is 37.3 Å². The second-order valence-corrected chi connectivity index (χ2v) is 7.89. The van der Waals surface area contributed by atoms with Crippen LogP contribution in [0.4, 0.5) is 0 Å². The second-order valence-electron chi connectivity index (χ2n) is 6.04. The zero-order chi connectivity index (χ0) is 18.7. The molecule has 1 unspecified atom stereocenters. The number of hydrogen-bond donors (Lipinski definition) is 1. The number of ether oxygens (including phenoxy) is 1. The van der Waals surface area contributed by atoms with Crippen molar-refractivity contribution >= 4 is 35.2 Å². The van der Waals surface area contributed by atoms with E-state index >= 15 is 0 Å². The van der Waals surface area contributed by atoms with Gasteiger partial charge < -0.3 is 14.1 Å². The number of hydrogen-bond acceptors (Lipinski definition) is 6. The molecule has 0 saturated heterocycles. The van der Waals surface area contributed by atoms with E-state index in [4.69, 9.17) is 33.0 Å². The van der Waals surface area contributed by atoms with Crippen LogP contribution in [0, 0.1) is 11.8 Å². The van der Waals surface area contributed by atoms with Gasteiger partial charge in [0.25, 0.3) is 4.84 Å². The number of quaternary nitrogens is 1. The van der Waals surface area contributed by atoms with Gasteiger partial charge in [-0.2, -0.15) is 4.68 Å². The molecule has 3 aromatic rings. The third-order valence-corrected chi connectivity index (χ3v) is 5.15. The van der Waals surface area contributed by atoms with Gasteiger partial charge in [-0.25, -0.2) is 4.98 Å². The summed E-state index contributed by atoms with van der Waals surface area (Å²) >= 11 is 13.0. The van der Waals surface area contributed by atoms with E-state index < -0.39 is 0 Å². The Balaban J connectivity index is 1.69. The van der Waals surface area contributed by atoms with Gasteiger partial charge in [-0.15, -0.1) is 16.4 Å². The third-order valence-electron chi connectivity index (χ3n) is 3.80. The Morgan fingerprint density at radius 1 is 1.42 bits per heavy atom. The number of thiazole rings is 1. The molecule has 0 aliphatic heterocycles. The normalized spacial score (nSPS) is 12.3. The topological polar surface area (TPSA) is 57.5 Å². The van der Waals surface area contributed by atoms with Gasteiger partial charge >= 0.3 is 0 Å². The lowest BCUT2D eigenvalue weighted by Gasteiger charge is -2.15. The lowest BCUT2D eigenvalue weighted by Crippen LogP contribution is -3.07. The van der Waals surface area contributed by atoms with Crippen LogP contribution in [0.25, 0.3) is 0 Å². The second kappa shape index (κ2) is 8.30. The van der Waals surface area contributed by atoms with Crippen LogP contribution < -0.4 is 9.64 Å². The predicted octanol–water partition coefficient (Wildman–Crippen LogP) is 2.90. The van der Waals surface area contributed by atoms with Crippen molar-refractivity contribution < 1.29 is 14.1 Å². The minimum absolute atomic E-state index is 0.365. The average Bonchev–Trinajstić information content (AvgIpc) is 3.13. The molecule has 0 fully saturated rings. The first-order valence-electron chi connectivity index (χ1n) is 8.06. The first-order chi connectivity index (χ1) is 12.4. The molecule has 9 heteroatoms. The highest BCUT2D eigenvalue weighted by atomic mass is 35.5. The summed E-state index contributed by atoms with van der Waals surface area (Å²) in [5.74, 6) is 1.39. The van der Waals surface area contributed by atoms with Gasteiger partial charge in [0.05, 0.1) is 31.3 Å². The molecule has 0 radical (unpaired) electrons. The highest BCUT2D eigenvalue weighted by Crippen LogP contribution is 2.21. The van der Waals surface area contributed by atoms with Crippen molar-refractivity contribution in [1.82, 2.24) is 14.8 Å². The molecule has 1 N–H and O–H groups in total. The standard InChI is InChI=1S/C17H19ClN4O2S2/c1-11-19-14(9-26-11)7-16-20-22(17(25)24-16)10-21(2)8-12-6-13(18)4-5-15(12)23-3/h4-6,9H,7-8,10H2,1-3H3/p+1. The van der Waals surface area contributed by atoms with Crippen LogP contribution in [0.3, 0.4) is 0 Å². The molecule has 0 spiro atoms. The molecule has 1 aromatic carbocycles. The maximum Gasteiger partial charge on any atom is 0.291 e. The maximum atomic E-state index is 6.11. The van der Waals surface area contributed by atoms with E-state index in [0.717, 1.165) is 28.6 Å². The molecule has 0 bridgehead atoms. The molecule has 26 heavy (non-hydrogen) atoms. The summed E-state index contributed by atoms with van der Waals surface area (Å²) in [4.78, 5) is 5.97. The van der Waals surface area contributed by atoms with Crippen molar-refractivity contribution in [3.63, 3.8) is 0 Å². The number of nitrogens with zero attached hydrogens (tertiary/aromatic N) is 3. The number of aryl methyl sites for hydroxylation is 1. The molecular formula is C17H20ClN4O2S2+. The fourth-order valence-corrected chi connectivity index (χ4v) is 3.70. The number of methoxy groups -OCH3 is 1. The van der Waals surface area contributed by atoms with Crippen LogP contribution in [0.15, 0.2) is 28.0 Å². The lowest BCUT2D eigenvalue weighted by atomic mass is 10.2. The highest BCUT2D eigenvalue weighted by Gasteiger charge is 2.14. The molecule has 0 aliphatic rings. The fraction of sp³-hybridized carbons (Fsp3) is 0.353. The molecule has 0 aliphatic carbocycles. The van der Waals surface area contributed by atoms with Gasteiger partial charge in [-0.1, -0.05) is 11.6 Å². The molecular weight excluding hydrogens is 392 g/mol. The van der Waals surface area contributed by atoms with E-state index in [1.165, 1.54) is 4.90 Å². The van der Waals surface area contributed by atoms with Gasteiger partial charge in [0.15, 0.2) is 6.67 Å². The summed E-state index contributed by atoms with van der Waals surface area (Å²) in [5, 5.41) is 8.21. The summed E-state index contributed by atoms with van der Waals surface area (Å²) in [6.45, 7) is 3.28. The van der Waals surface area contributed by atoms with Crippen molar-refractivity contribution in [2.45, 2.75) is 26.6 Å². The van der Waals surface area contributed by atoms with Crippen LogP contribution in [0.2, 0.25) is 5.02 Å². The molecule has 2 aromatic heterocycles. The van der Waals surface area contributed by atoms with Crippen molar-refractivity contribution in [2.75, 3.05) is 14.2 Å². The zero-order valence-corrected chi connectivity index (χ0v) is 17.2. The average molecular weight is 412 g/mol. The molecule has 0 saturated carbocycles. The minimum atomic E-state index is 0.365. The first-order valence-corrected chi connectivity index (χ1v) is 9.72. The molecule has 6 nitrogen and oxygen atoms in total. The van der Waals surface area contributed by atoms with Crippen LogP contribution in [0.1, 0.15) is 22.2 Å². The largest absolute Gasteiger partial charge is 0.496 e. The molecule has 1 atom stereocenters. The number of benzene rings is 1. The van der Waals surface area contributed by atoms with Crippen LogP contribution in [0.5, 0.6) is 5.75 Å². The third kappa shape index (κ3) is 4.70. The molecule has 0 amide bonds. The first kappa shape index (κ1) is 19.0. The van der Waals surface area contributed by atoms with Gasteiger partial charge in [0.1, 0.15) is 12.3 Å². The van der Waals surface area contributed by atoms with E-state index in [1.807, 2.05) is 30.5 Å². The minimum Gasteiger partial charge on any atom is -0.496 e. The number of rotatable bonds is 7. The van der Waals surface area contributed by atoms with Gasteiger partial charge in [0, 0.05) is 16.0 Å². The Hall–Kier alpha value is -1.74. The van der Waals surface area contributed by atoms with E-state index in [1.54, 1.807) is 23.1 Å². The van der Waals surface area contributed by atoms with Crippen molar-refractivity contribution in [3.8, 4) is 5.75 Å². The zero-order valence-electron chi connectivity index (χ0n) is 14.8. The van der Waals surface area contributed by atoms with E-state index in [-0.39, 0.29) is 0 Å². The number of halogens is 1. The fourth-order valence-electron chi connectivity index (χ4n) is 2.69. The van der Waals surface area contributed by atoms with Crippen LogP contribution >= 0.6 is 35.2 Å². The lowest BCUT2D eigenvalue weighted by molar-refractivity contribution is -0.917. The molecule has 3 rings (SSSR count). The van der Waals surface area contributed by atoms with Crippen molar-refractivity contribution in [3.05, 3.63) is 55.6 Å². The molecule has 2 heterocycles. The Morgan fingerprint density at radius 2 is 2.23 bits per heavy atom. The Kier molecular flexibility index (Phi) is 6.08. The van der Waals surface area contributed by atoms with E-state index in [2.05, 4.69) is 17.1 Å². The van der Waals surface area contributed by atoms with E-state index in [9.17, 15) is 0 Å². The van der Waals surface area contributed by atoms with Crippen molar-refractivity contribution in [1.29, 1.82) is 0 Å². The SMILES string of the molecule is COc1ccc(Cl)cc1C[NH+](C)Cn1nc(Cc2csc(C)n2)oc1=S. The number of aromatic nitrogens is 3. The summed E-state index contributed by atoms with van der Waals surface area (Å²) < 4.78 is 12.7. The maximum absolute atomic E-state index is 6.11. The van der Waals surface area contributed by atoms with Crippen molar-refractivity contribution in [2.24, 2.45) is 0 Å². The van der Waals surface area contributed by atoms with Crippen LogP contribution in [-0.4, -0.2) is 28.9 Å². The number of nitrogens with one attached hydrogen (secondary N) is 1. The van der Waals surface area contributed by atoms with Gasteiger partial charge in [-0.3, -0.25) is 0 Å². The quantitative estimate of drug-likeness (QED) is 0.606. The highest BCUT2D eigenvalue weighted by molar-refractivity contribution is 7.71. The van der Waals surface area contributed by atoms with Gasteiger partial charge in [0.2, 0.25) is 5.89 Å². The predicted molar refractivity (Wildman–Crippen MR) is 104 cm³/mol. The monoisotopic (exact) mass is 411 g/mol. The Morgan fingerprint density at radius 3 is 2.92 bits per heavy atom. The summed E-state index contributed by atoms with van der Waals surface area (Å²) in [6, 6.07) is 5.61. The Labute approximate surface area is 166 Å². The molecule has 138 valence electrons. The Bertz CT molecular complexity index is 950. The summed E-state index contributed by atoms with van der Waals surface area (Å²) in [6.07, 6.45) is 0.544. The smallest absolute Gasteiger partial charge is 0.291 e.